The number of rotatable bonds is 3. The lowest BCUT2D eigenvalue weighted by atomic mass is 10.0. The number of aliphatic hydroxyl groups is 1. The first kappa shape index (κ1) is 13.9. The Balaban J connectivity index is 3.12. The highest BCUT2D eigenvalue weighted by molar-refractivity contribution is 9.10. The first-order valence-electron chi connectivity index (χ1n) is 4.79. The number of carbonyl (C=O) groups excluding carboxylic acids is 1. The molecule has 0 bridgehead atoms. The molecule has 0 heterocycles. The second-order valence-corrected chi connectivity index (χ2v) is 4.40. The number of benzene rings is 1. The Morgan fingerprint density at radius 1 is 1.59 bits per heavy atom. The second-order valence-electron chi connectivity index (χ2n) is 3.54. The van der Waals surface area contributed by atoms with Crippen molar-refractivity contribution in [1.82, 2.24) is 0 Å². The Kier molecular flexibility index (Phi) is 4.42. The molecule has 1 unspecified atom stereocenters. The van der Waals surface area contributed by atoms with E-state index >= 15 is 0 Å². The first-order chi connectivity index (χ1) is 7.88. The van der Waals surface area contributed by atoms with Crippen molar-refractivity contribution in [3.05, 3.63) is 45.7 Å². The van der Waals surface area contributed by atoms with Gasteiger partial charge in [0.1, 0.15) is 11.9 Å². The van der Waals surface area contributed by atoms with Gasteiger partial charge < -0.3 is 9.84 Å². The van der Waals surface area contributed by atoms with Crippen LogP contribution in [-0.4, -0.2) is 18.2 Å². The monoisotopic (exact) mass is 302 g/mol. The van der Waals surface area contributed by atoms with Gasteiger partial charge in [0.2, 0.25) is 0 Å². The summed E-state index contributed by atoms with van der Waals surface area (Å²) in [5.41, 5.74) is 0.474. The molecule has 1 aromatic carbocycles. The third-order valence-electron chi connectivity index (χ3n) is 2.35. The van der Waals surface area contributed by atoms with Gasteiger partial charge >= 0.3 is 5.97 Å². The van der Waals surface area contributed by atoms with Crippen LogP contribution in [0.2, 0.25) is 0 Å². The van der Waals surface area contributed by atoms with E-state index in [9.17, 15) is 14.3 Å². The van der Waals surface area contributed by atoms with Crippen LogP contribution in [0.3, 0.4) is 0 Å². The van der Waals surface area contributed by atoms with E-state index in [1.54, 1.807) is 6.92 Å². The molecule has 92 valence electrons. The summed E-state index contributed by atoms with van der Waals surface area (Å²) >= 11 is 3.23. The van der Waals surface area contributed by atoms with E-state index in [-0.39, 0.29) is 11.1 Å². The van der Waals surface area contributed by atoms with Crippen LogP contribution in [0.15, 0.2) is 28.8 Å². The molecule has 17 heavy (non-hydrogen) atoms. The molecule has 1 aromatic rings. The molecule has 0 aliphatic carbocycles. The molecule has 0 radical (unpaired) electrons. The summed E-state index contributed by atoms with van der Waals surface area (Å²) in [7, 11) is 1.17. The van der Waals surface area contributed by atoms with E-state index in [4.69, 9.17) is 0 Å². The van der Waals surface area contributed by atoms with Crippen LogP contribution in [0.4, 0.5) is 4.39 Å². The molecule has 0 aliphatic rings. The van der Waals surface area contributed by atoms with Crippen molar-refractivity contribution in [3.8, 4) is 0 Å². The summed E-state index contributed by atoms with van der Waals surface area (Å²) in [6.07, 6.45) is -1.42. The second kappa shape index (κ2) is 5.42. The molecule has 0 aliphatic heterocycles. The summed E-state index contributed by atoms with van der Waals surface area (Å²) in [6.45, 7) is 5.11. The van der Waals surface area contributed by atoms with Crippen molar-refractivity contribution in [2.24, 2.45) is 0 Å². The Morgan fingerprint density at radius 3 is 2.71 bits per heavy atom. The zero-order chi connectivity index (χ0) is 13.2. The van der Waals surface area contributed by atoms with Gasteiger partial charge in [-0.2, -0.15) is 0 Å². The molecule has 0 aromatic heterocycles. The molecule has 5 heteroatoms. The fourth-order valence-electron chi connectivity index (χ4n) is 1.30. The molecule has 1 N–H and O–H groups in total. The van der Waals surface area contributed by atoms with Gasteiger partial charge in [-0.15, -0.1) is 0 Å². The predicted octanol–water partition coefficient (Wildman–Crippen LogP) is 2.66. The smallest absolute Gasteiger partial charge is 0.336 e. The number of hydrogen-bond acceptors (Lipinski definition) is 3. The van der Waals surface area contributed by atoms with Gasteiger partial charge in [0.15, 0.2) is 0 Å². The quantitative estimate of drug-likeness (QED) is 0.690. The Hall–Kier alpha value is -1.20. The summed E-state index contributed by atoms with van der Waals surface area (Å²) in [4.78, 5) is 11.2. The Morgan fingerprint density at radius 2 is 2.18 bits per heavy atom. The molecule has 0 amide bonds. The highest BCUT2D eigenvalue weighted by Gasteiger charge is 2.22. The van der Waals surface area contributed by atoms with Gasteiger partial charge in [0.05, 0.1) is 12.7 Å². The van der Waals surface area contributed by atoms with Crippen LogP contribution in [0.25, 0.3) is 0 Å². The van der Waals surface area contributed by atoms with Crippen molar-refractivity contribution >= 4 is 21.9 Å². The lowest BCUT2D eigenvalue weighted by molar-refractivity contribution is -0.137. The van der Waals surface area contributed by atoms with Gasteiger partial charge in [-0.3, -0.25) is 0 Å². The van der Waals surface area contributed by atoms with Crippen LogP contribution >= 0.6 is 15.9 Å². The van der Waals surface area contributed by atoms with Gasteiger partial charge in [0, 0.05) is 10.0 Å². The lowest BCUT2D eigenvalue weighted by Crippen LogP contribution is -2.13. The molecule has 0 saturated heterocycles. The average Bonchev–Trinajstić information content (AvgIpc) is 2.31. The summed E-state index contributed by atoms with van der Waals surface area (Å²) in [5, 5.41) is 9.83. The van der Waals surface area contributed by atoms with Crippen molar-refractivity contribution in [3.63, 3.8) is 0 Å². The van der Waals surface area contributed by atoms with Crippen molar-refractivity contribution in [2.75, 3.05) is 7.11 Å². The molecule has 1 atom stereocenters. The maximum Gasteiger partial charge on any atom is 0.336 e. The minimum atomic E-state index is -1.42. The highest BCUT2D eigenvalue weighted by Crippen LogP contribution is 2.28. The largest absolute Gasteiger partial charge is 0.466 e. The molecule has 0 saturated carbocycles. The number of halogens is 2. The molecule has 0 spiro atoms. The maximum atomic E-state index is 13.6. The van der Waals surface area contributed by atoms with Crippen LogP contribution in [0.1, 0.15) is 17.2 Å². The fourth-order valence-corrected chi connectivity index (χ4v) is 1.66. The molecule has 1 rings (SSSR count). The van der Waals surface area contributed by atoms with E-state index in [2.05, 4.69) is 27.2 Å². The minimum Gasteiger partial charge on any atom is -0.466 e. The van der Waals surface area contributed by atoms with Crippen molar-refractivity contribution in [1.29, 1.82) is 0 Å². The van der Waals surface area contributed by atoms with Gasteiger partial charge in [-0.1, -0.05) is 22.5 Å². The number of esters is 1. The fraction of sp³-hybridized carbons (Fsp3) is 0.250. The average molecular weight is 303 g/mol. The Bertz CT molecular complexity index is 471. The van der Waals surface area contributed by atoms with Crippen LogP contribution in [0, 0.1) is 12.7 Å². The highest BCUT2D eigenvalue weighted by atomic mass is 79.9. The van der Waals surface area contributed by atoms with Gasteiger partial charge in [0.25, 0.3) is 0 Å². The zero-order valence-corrected chi connectivity index (χ0v) is 11.0. The predicted molar refractivity (Wildman–Crippen MR) is 65.0 cm³/mol. The molecular formula is C12H12BrFO3. The SMILES string of the molecule is C=C(C(=O)OC)C(O)c1cc(Br)c(C)cc1F. The van der Waals surface area contributed by atoms with Gasteiger partial charge in [-0.05, 0) is 24.6 Å². The third-order valence-corrected chi connectivity index (χ3v) is 3.20. The normalized spacial score (nSPS) is 12.1. The molecule has 3 nitrogen and oxygen atoms in total. The van der Waals surface area contributed by atoms with E-state index in [0.29, 0.717) is 10.0 Å². The number of carbonyl (C=O) groups is 1. The van der Waals surface area contributed by atoms with E-state index < -0.39 is 17.9 Å². The van der Waals surface area contributed by atoms with Crippen LogP contribution in [-0.2, 0) is 9.53 Å². The Labute approximate surface area is 107 Å². The summed E-state index contributed by atoms with van der Waals surface area (Å²) in [6, 6.07) is 2.69. The van der Waals surface area contributed by atoms with Crippen LogP contribution in [0.5, 0.6) is 0 Å². The number of hydrogen-bond donors (Lipinski definition) is 1. The number of aliphatic hydroxyl groups excluding tert-OH is 1. The van der Waals surface area contributed by atoms with E-state index in [0.717, 1.165) is 0 Å². The lowest BCUT2D eigenvalue weighted by Gasteiger charge is -2.14. The number of ether oxygens (including phenoxy) is 1. The topological polar surface area (TPSA) is 46.5 Å². The number of aryl methyl sites for hydroxylation is 1. The van der Waals surface area contributed by atoms with Crippen LogP contribution < -0.4 is 0 Å². The van der Waals surface area contributed by atoms with E-state index in [1.165, 1.54) is 19.2 Å². The first-order valence-corrected chi connectivity index (χ1v) is 5.58. The minimum absolute atomic E-state index is 0.0159. The maximum absolute atomic E-state index is 13.6. The van der Waals surface area contributed by atoms with E-state index in [1.807, 2.05) is 0 Å². The van der Waals surface area contributed by atoms with Crippen molar-refractivity contribution in [2.45, 2.75) is 13.0 Å². The summed E-state index contributed by atoms with van der Waals surface area (Å²) < 4.78 is 18.7. The van der Waals surface area contributed by atoms with Gasteiger partial charge in [-0.25, -0.2) is 9.18 Å². The molecule has 0 fully saturated rings. The third kappa shape index (κ3) is 2.92. The zero-order valence-electron chi connectivity index (χ0n) is 9.46. The van der Waals surface area contributed by atoms with Crippen molar-refractivity contribution < 1.29 is 19.0 Å². The number of methoxy groups -OCH3 is 1. The summed E-state index contributed by atoms with van der Waals surface area (Å²) in [5.74, 6) is -1.36. The standard InChI is InChI=1S/C12H12BrFO3/c1-6-4-10(14)8(5-9(6)13)11(15)7(2)12(16)17-3/h4-5,11,15H,2H2,1,3H3. The molecular weight excluding hydrogens is 291 g/mol.